The van der Waals surface area contributed by atoms with Crippen LogP contribution in [0.2, 0.25) is 0 Å². The summed E-state index contributed by atoms with van der Waals surface area (Å²) in [6, 6.07) is 12.8. The molecule has 0 amide bonds. The van der Waals surface area contributed by atoms with E-state index in [9.17, 15) is 12.8 Å². The summed E-state index contributed by atoms with van der Waals surface area (Å²) < 4.78 is 39.4. The van der Waals surface area contributed by atoms with Gasteiger partial charge < -0.3 is 14.4 Å². The molecule has 1 heterocycles. The average molecular weight is 472 g/mol. The molecule has 0 unspecified atom stereocenters. The Morgan fingerprint density at radius 2 is 1.76 bits per heavy atom. The number of hydrogen-bond donors (Lipinski definition) is 1. The monoisotopic (exact) mass is 471 g/mol. The first-order valence-electron chi connectivity index (χ1n) is 10.5. The molecule has 0 aliphatic rings. The lowest BCUT2D eigenvalue weighted by atomic mass is 10.2. The first kappa shape index (κ1) is 24.6. The first-order chi connectivity index (χ1) is 15.6. The van der Waals surface area contributed by atoms with E-state index in [-0.39, 0.29) is 17.3 Å². The summed E-state index contributed by atoms with van der Waals surface area (Å²) in [6.07, 6.45) is 2.82. The van der Waals surface area contributed by atoms with E-state index >= 15 is 0 Å². The Kier molecular flexibility index (Phi) is 7.68. The van der Waals surface area contributed by atoms with Gasteiger partial charge in [-0.05, 0) is 57.4 Å². The smallest absolute Gasteiger partial charge is 0.238 e. The van der Waals surface area contributed by atoms with Gasteiger partial charge in [-0.25, -0.2) is 22.9 Å². The van der Waals surface area contributed by atoms with Crippen LogP contribution < -0.4 is 5.14 Å². The number of aromatic nitrogens is 2. The molecule has 0 bridgehead atoms. The van der Waals surface area contributed by atoms with Crippen molar-refractivity contribution in [3.8, 4) is 11.4 Å². The first-order valence-corrected chi connectivity index (χ1v) is 12.1. The van der Waals surface area contributed by atoms with Crippen molar-refractivity contribution in [3.63, 3.8) is 0 Å². The van der Waals surface area contributed by atoms with E-state index in [1.807, 2.05) is 36.8 Å². The maximum absolute atomic E-state index is 14.3. The molecule has 0 atom stereocenters. The van der Waals surface area contributed by atoms with Gasteiger partial charge in [0.2, 0.25) is 10.0 Å². The van der Waals surface area contributed by atoms with Crippen LogP contribution in [0.15, 0.2) is 66.2 Å². The van der Waals surface area contributed by atoms with E-state index < -0.39 is 10.0 Å². The number of benzene rings is 2. The molecule has 1 aromatic heterocycles. The molecule has 0 fully saturated rings. The second-order valence-electron chi connectivity index (χ2n) is 8.26. The second kappa shape index (κ2) is 10.3. The molecule has 176 valence electrons. The fraction of sp³-hybridized carbons (Fsp3) is 0.292. The maximum Gasteiger partial charge on any atom is 0.238 e. The summed E-state index contributed by atoms with van der Waals surface area (Å²) in [5.74, 6) is 0.278. The summed E-state index contributed by atoms with van der Waals surface area (Å²) in [5.41, 5.74) is 2.63. The van der Waals surface area contributed by atoms with Gasteiger partial charge in [-0.15, -0.1) is 0 Å². The molecule has 2 N–H and O–H groups in total. The largest absolute Gasteiger partial charge is 0.373 e. The minimum Gasteiger partial charge on any atom is -0.373 e. The number of rotatable bonds is 10. The fourth-order valence-corrected chi connectivity index (χ4v) is 3.98. The highest BCUT2D eigenvalue weighted by Crippen LogP contribution is 2.26. The third-order valence-corrected chi connectivity index (χ3v) is 6.30. The summed E-state index contributed by atoms with van der Waals surface area (Å²) >= 11 is 0. The van der Waals surface area contributed by atoms with Crippen molar-refractivity contribution in [2.75, 3.05) is 34.2 Å². The normalized spacial score (nSPS) is 11.7. The van der Waals surface area contributed by atoms with Gasteiger partial charge in [0.05, 0.1) is 17.1 Å². The van der Waals surface area contributed by atoms with Gasteiger partial charge in [-0.2, -0.15) is 0 Å². The molecule has 3 aromatic rings. The Hall–Kier alpha value is -3.01. The van der Waals surface area contributed by atoms with Gasteiger partial charge in [-0.3, -0.25) is 0 Å². The van der Waals surface area contributed by atoms with Crippen molar-refractivity contribution in [3.05, 3.63) is 78.4 Å². The number of sulfonamides is 1. The average Bonchev–Trinajstić information content (AvgIpc) is 3.17. The standard InChI is InChI=1S/C24H30FN5O2S/c1-18(29(4)15-7-14-28(2)3)23-17-30(16-20-8-5-6-9-22(20)25)24(27-23)19-10-12-21(13-11-19)33(26,31)32/h5-6,8-13,17H,1,7,14-16H2,2-4H3,(H2,26,31,32). The Labute approximate surface area is 195 Å². The zero-order valence-corrected chi connectivity index (χ0v) is 20.0. The molecule has 2 aromatic carbocycles. The van der Waals surface area contributed by atoms with Crippen LogP contribution in [0.1, 0.15) is 17.7 Å². The number of hydrogen-bond acceptors (Lipinski definition) is 5. The lowest BCUT2D eigenvalue weighted by Crippen LogP contribution is -2.22. The predicted octanol–water partition coefficient (Wildman–Crippen LogP) is 3.24. The molecular weight excluding hydrogens is 441 g/mol. The summed E-state index contributed by atoms with van der Waals surface area (Å²) in [7, 11) is 2.23. The third-order valence-electron chi connectivity index (χ3n) is 5.37. The minimum absolute atomic E-state index is 0.0173. The summed E-state index contributed by atoms with van der Waals surface area (Å²) in [6.45, 7) is 6.25. The van der Waals surface area contributed by atoms with Gasteiger partial charge in [0.25, 0.3) is 0 Å². The van der Waals surface area contributed by atoms with Gasteiger partial charge in [-0.1, -0.05) is 24.8 Å². The number of nitrogens with zero attached hydrogens (tertiary/aromatic N) is 4. The van der Waals surface area contributed by atoms with Crippen molar-refractivity contribution in [1.29, 1.82) is 0 Å². The van der Waals surface area contributed by atoms with Crippen LogP contribution in [0.5, 0.6) is 0 Å². The molecule has 0 aliphatic heterocycles. The van der Waals surface area contributed by atoms with Gasteiger partial charge in [0.1, 0.15) is 17.3 Å². The van der Waals surface area contributed by atoms with Crippen LogP contribution in [-0.4, -0.2) is 62.0 Å². The molecule has 3 rings (SSSR count). The fourth-order valence-electron chi connectivity index (χ4n) is 3.46. The SMILES string of the molecule is C=C(c1cn(Cc2ccccc2F)c(-c2ccc(S(N)(=O)=O)cc2)n1)N(C)CCCN(C)C. The zero-order chi connectivity index (χ0) is 24.2. The number of primary sulfonamides is 1. The van der Waals surface area contributed by atoms with E-state index in [4.69, 9.17) is 10.1 Å². The maximum atomic E-state index is 14.3. The van der Waals surface area contributed by atoms with Crippen LogP contribution in [0, 0.1) is 5.82 Å². The molecular formula is C24H30FN5O2S. The van der Waals surface area contributed by atoms with Crippen LogP contribution >= 0.6 is 0 Å². The number of nitrogens with two attached hydrogens (primary N) is 1. The lowest BCUT2D eigenvalue weighted by molar-refractivity contribution is 0.364. The molecule has 0 aliphatic carbocycles. The van der Waals surface area contributed by atoms with E-state index in [0.29, 0.717) is 22.6 Å². The molecule has 0 saturated carbocycles. The van der Waals surface area contributed by atoms with E-state index in [1.165, 1.54) is 18.2 Å². The van der Waals surface area contributed by atoms with Gasteiger partial charge in [0, 0.05) is 30.9 Å². The molecule has 0 saturated heterocycles. The van der Waals surface area contributed by atoms with Crippen LogP contribution in [0.4, 0.5) is 4.39 Å². The van der Waals surface area contributed by atoms with Crippen molar-refractivity contribution in [2.24, 2.45) is 5.14 Å². The van der Waals surface area contributed by atoms with Crippen molar-refractivity contribution >= 4 is 15.7 Å². The van der Waals surface area contributed by atoms with E-state index in [2.05, 4.69) is 11.5 Å². The highest BCUT2D eigenvalue weighted by molar-refractivity contribution is 7.89. The second-order valence-corrected chi connectivity index (χ2v) is 9.82. The quantitative estimate of drug-likeness (QED) is 0.491. The van der Waals surface area contributed by atoms with Crippen molar-refractivity contribution in [2.45, 2.75) is 17.9 Å². The van der Waals surface area contributed by atoms with Crippen molar-refractivity contribution in [1.82, 2.24) is 19.4 Å². The molecule has 0 spiro atoms. The van der Waals surface area contributed by atoms with Crippen molar-refractivity contribution < 1.29 is 12.8 Å². The van der Waals surface area contributed by atoms with Crippen LogP contribution in [-0.2, 0) is 16.6 Å². The molecule has 9 heteroatoms. The Bertz CT molecular complexity index is 1220. The lowest BCUT2D eigenvalue weighted by Gasteiger charge is -2.21. The predicted molar refractivity (Wildman–Crippen MR) is 129 cm³/mol. The molecule has 0 radical (unpaired) electrons. The minimum atomic E-state index is -3.80. The number of halogens is 1. The Morgan fingerprint density at radius 1 is 1.09 bits per heavy atom. The molecule has 33 heavy (non-hydrogen) atoms. The molecule has 7 nitrogen and oxygen atoms in total. The van der Waals surface area contributed by atoms with E-state index in [1.54, 1.807) is 30.3 Å². The van der Waals surface area contributed by atoms with Crippen LogP contribution in [0.3, 0.4) is 0 Å². The Balaban J connectivity index is 1.95. The van der Waals surface area contributed by atoms with Gasteiger partial charge in [0.15, 0.2) is 0 Å². The highest BCUT2D eigenvalue weighted by Gasteiger charge is 2.17. The van der Waals surface area contributed by atoms with Crippen LogP contribution in [0.25, 0.3) is 17.1 Å². The topological polar surface area (TPSA) is 84.5 Å². The summed E-state index contributed by atoms with van der Waals surface area (Å²) in [4.78, 5) is 8.96. The summed E-state index contributed by atoms with van der Waals surface area (Å²) in [5, 5.41) is 5.22. The van der Waals surface area contributed by atoms with Gasteiger partial charge >= 0.3 is 0 Å². The Morgan fingerprint density at radius 3 is 2.36 bits per heavy atom. The highest BCUT2D eigenvalue weighted by atomic mass is 32.2. The number of imidazole rings is 1. The van der Waals surface area contributed by atoms with E-state index in [0.717, 1.165) is 25.2 Å². The third kappa shape index (κ3) is 6.28. The zero-order valence-electron chi connectivity index (χ0n) is 19.2.